The molecule has 2 heterocycles. The largest absolute Gasteiger partial charge is 0.335 e. The predicted octanol–water partition coefficient (Wildman–Crippen LogP) is 0.992. The Morgan fingerprint density at radius 1 is 1.37 bits per heavy atom. The number of nitrogens with zero attached hydrogens (tertiary/aromatic N) is 3. The zero-order valence-electron chi connectivity index (χ0n) is 11.2. The molecule has 19 heavy (non-hydrogen) atoms. The van der Waals surface area contributed by atoms with Crippen molar-refractivity contribution in [2.75, 3.05) is 13.1 Å². The molecule has 2 N–H and O–H groups in total. The molecule has 1 saturated heterocycles. The first-order valence-electron chi connectivity index (χ1n) is 6.54. The lowest BCUT2D eigenvalue weighted by Crippen LogP contribution is -2.32. The number of aromatic nitrogens is 2. The number of hydrogen-bond acceptors (Lipinski definition) is 3. The van der Waals surface area contributed by atoms with Gasteiger partial charge in [0.15, 0.2) is 5.69 Å². The van der Waals surface area contributed by atoms with Crippen molar-refractivity contribution >= 4 is 16.8 Å². The fraction of sp³-hybridized carbons (Fsp3) is 0.429. The number of fused-ring (bicyclic) bond motifs is 1. The molecule has 2 atom stereocenters. The number of amides is 1. The molecule has 0 spiro atoms. The zero-order valence-corrected chi connectivity index (χ0v) is 11.2. The van der Waals surface area contributed by atoms with Crippen LogP contribution >= 0.6 is 0 Å². The number of carbonyl (C=O) groups is 1. The van der Waals surface area contributed by atoms with Crippen molar-refractivity contribution in [3.63, 3.8) is 0 Å². The summed E-state index contributed by atoms with van der Waals surface area (Å²) in [6.45, 7) is 3.41. The molecule has 2 unspecified atom stereocenters. The average molecular weight is 258 g/mol. The highest BCUT2D eigenvalue weighted by Crippen LogP contribution is 2.22. The van der Waals surface area contributed by atoms with E-state index in [2.05, 4.69) is 12.0 Å². The Hall–Kier alpha value is -1.88. The van der Waals surface area contributed by atoms with Gasteiger partial charge in [-0.1, -0.05) is 25.1 Å². The van der Waals surface area contributed by atoms with Gasteiger partial charge in [0, 0.05) is 31.6 Å². The second kappa shape index (κ2) is 4.35. The molecular weight excluding hydrogens is 240 g/mol. The standard InChI is InChI=1S/C14H18N4O/c1-9-7-18(8-11(9)15)14(19)13-10-5-3-4-6-12(10)17(2)16-13/h3-6,9,11H,7-8,15H2,1-2H3. The van der Waals surface area contributed by atoms with Crippen molar-refractivity contribution in [2.45, 2.75) is 13.0 Å². The first kappa shape index (κ1) is 12.2. The van der Waals surface area contributed by atoms with Crippen LogP contribution < -0.4 is 5.73 Å². The van der Waals surface area contributed by atoms with Crippen LogP contribution in [0.2, 0.25) is 0 Å². The van der Waals surface area contributed by atoms with Crippen LogP contribution in [0.1, 0.15) is 17.4 Å². The summed E-state index contributed by atoms with van der Waals surface area (Å²) < 4.78 is 1.75. The summed E-state index contributed by atoms with van der Waals surface area (Å²) in [5, 5.41) is 5.27. The molecule has 0 radical (unpaired) electrons. The van der Waals surface area contributed by atoms with Gasteiger partial charge in [-0.3, -0.25) is 9.48 Å². The molecular formula is C14H18N4O. The molecule has 2 aromatic rings. The Kier molecular flexibility index (Phi) is 2.78. The van der Waals surface area contributed by atoms with Gasteiger partial charge in [0.25, 0.3) is 5.91 Å². The molecule has 5 heteroatoms. The Morgan fingerprint density at radius 3 is 2.79 bits per heavy atom. The second-order valence-electron chi connectivity index (χ2n) is 5.34. The Bertz CT molecular complexity index is 623. The van der Waals surface area contributed by atoms with Crippen LogP contribution in [0.25, 0.3) is 10.9 Å². The minimum Gasteiger partial charge on any atom is -0.335 e. The van der Waals surface area contributed by atoms with E-state index in [-0.39, 0.29) is 11.9 Å². The van der Waals surface area contributed by atoms with E-state index in [0.717, 1.165) is 10.9 Å². The SMILES string of the molecule is CC1CN(C(=O)c2nn(C)c3ccccc23)CC1N. The fourth-order valence-electron chi connectivity index (χ4n) is 2.68. The first-order chi connectivity index (χ1) is 9.08. The summed E-state index contributed by atoms with van der Waals surface area (Å²) >= 11 is 0. The maximum Gasteiger partial charge on any atom is 0.275 e. The smallest absolute Gasteiger partial charge is 0.275 e. The van der Waals surface area contributed by atoms with Crippen LogP contribution in [0.4, 0.5) is 0 Å². The third kappa shape index (κ3) is 1.90. The highest BCUT2D eigenvalue weighted by Gasteiger charge is 2.32. The van der Waals surface area contributed by atoms with E-state index in [1.807, 2.05) is 36.2 Å². The average Bonchev–Trinajstić information content (AvgIpc) is 2.91. The minimum atomic E-state index is -0.0170. The van der Waals surface area contributed by atoms with Crippen LogP contribution in [0.15, 0.2) is 24.3 Å². The number of carbonyl (C=O) groups excluding carboxylic acids is 1. The van der Waals surface area contributed by atoms with Gasteiger partial charge in [-0.2, -0.15) is 5.10 Å². The van der Waals surface area contributed by atoms with Crippen molar-refractivity contribution in [1.82, 2.24) is 14.7 Å². The van der Waals surface area contributed by atoms with Gasteiger partial charge in [-0.25, -0.2) is 0 Å². The molecule has 1 aromatic carbocycles. The van der Waals surface area contributed by atoms with Crippen LogP contribution in [-0.2, 0) is 7.05 Å². The molecule has 3 rings (SSSR count). The number of nitrogens with two attached hydrogens (primary N) is 1. The molecule has 0 saturated carbocycles. The van der Waals surface area contributed by atoms with Gasteiger partial charge in [0.2, 0.25) is 0 Å². The second-order valence-corrected chi connectivity index (χ2v) is 5.34. The number of hydrogen-bond donors (Lipinski definition) is 1. The van der Waals surface area contributed by atoms with E-state index in [0.29, 0.717) is 24.7 Å². The lowest BCUT2D eigenvalue weighted by Gasteiger charge is -2.14. The molecule has 1 aliphatic heterocycles. The van der Waals surface area contributed by atoms with Crippen molar-refractivity contribution in [1.29, 1.82) is 0 Å². The van der Waals surface area contributed by atoms with Crippen LogP contribution in [0.5, 0.6) is 0 Å². The number of benzene rings is 1. The normalized spacial score (nSPS) is 23.2. The van der Waals surface area contributed by atoms with Crippen molar-refractivity contribution < 1.29 is 4.79 Å². The zero-order chi connectivity index (χ0) is 13.6. The number of para-hydroxylation sites is 1. The highest BCUT2D eigenvalue weighted by molar-refractivity contribution is 6.04. The minimum absolute atomic E-state index is 0.0170. The molecule has 5 nitrogen and oxygen atoms in total. The van der Waals surface area contributed by atoms with Gasteiger partial charge < -0.3 is 10.6 Å². The van der Waals surface area contributed by atoms with E-state index in [4.69, 9.17) is 5.73 Å². The highest BCUT2D eigenvalue weighted by atomic mass is 16.2. The summed E-state index contributed by atoms with van der Waals surface area (Å²) in [4.78, 5) is 14.4. The van der Waals surface area contributed by atoms with Gasteiger partial charge >= 0.3 is 0 Å². The number of rotatable bonds is 1. The third-order valence-electron chi connectivity index (χ3n) is 3.92. The predicted molar refractivity (Wildman–Crippen MR) is 73.8 cm³/mol. The lowest BCUT2D eigenvalue weighted by molar-refractivity contribution is 0.0782. The van der Waals surface area contributed by atoms with Crippen molar-refractivity contribution in [2.24, 2.45) is 18.7 Å². The van der Waals surface area contributed by atoms with E-state index < -0.39 is 0 Å². The van der Waals surface area contributed by atoms with E-state index >= 15 is 0 Å². The summed E-state index contributed by atoms with van der Waals surface area (Å²) in [5.41, 5.74) is 7.48. The van der Waals surface area contributed by atoms with Gasteiger partial charge in [-0.05, 0) is 12.0 Å². The first-order valence-corrected chi connectivity index (χ1v) is 6.54. The van der Waals surface area contributed by atoms with Crippen LogP contribution in [0, 0.1) is 5.92 Å². The van der Waals surface area contributed by atoms with E-state index in [1.165, 1.54) is 0 Å². The third-order valence-corrected chi connectivity index (χ3v) is 3.92. The van der Waals surface area contributed by atoms with Crippen LogP contribution in [-0.4, -0.2) is 39.7 Å². The number of likely N-dealkylation sites (tertiary alicyclic amines) is 1. The van der Waals surface area contributed by atoms with Gasteiger partial charge in [0.05, 0.1) is 5.52 Å². The van der Waals surface area contributed by atoms with Crippen LogP contribution in [0.3, 0.4) is 0 Å². The quantitative estimate of drug-likeness (QED) is 0.829. The number of aryl methyl sites for hydroxylation is 1. The molecule has 1 aromatic heterocycles. The Labute approximate surface area is 112 Å². The molecule has 1 aliphatic rings. The fourth-order valence-corrected chi connectivity index (χ4v) is 2.68. The Balaban J connectivity index is 1.99. The maximum absolute atomic E-state index is 12.6. The molecule has 1 fully saturated rings. The summed E-state index contributed by atoms with van der Waals surface area (Å²) in [6, 6.07) is 7.86. The van der Waals surface area contributed by atoms with Gasteiger partial charge in [-0.15, -0.1) is 0 Å². The molecule has 100 valence electrons. The maximum atomic E-state index is 12.6. The topological polar surface area (TPSA) is 64.2 Å². The summed E-state index contributed by atoms with van der Waals surface area (Å²) in [5.74, 6) is 0.329. The molecule has 0 aliphatic carbocycles. The lowest BCUT2D eigenvalue weighted by atomic mass is 10.1. The van der Waals surface area contributed by atoms with Crippen molar-refractivity contribution in [3.05, 3.63) is 30.0 Å². The molecule has 1 amide bonds. The van der Waals surface area contributed by atoms with E-state index in [9.17, 15) is 4.79 Å². The summed E-state index contributed by atoms with van der Waals surface area (Å²) in [7, 11) is 1.86. The monoisotopic (exact) mass is 258 g/mol. The van der Waals surface area contributed by atoms with Gasteiger partial charge in [0.1, 0.15) is 0 Å². The Morgan fingerprint density at radius 2 is 2.11 bits per heavy atom. The molecule has 0 bridgehead atoms. The van der Waals surface area contributed by atoms with E-state index in [1.54, 1.807) is 4.68 Å². The van der Waals surface area contributed by atoms with Crippen molar-refractivity contribution in [3.8, 4) is 0 Å². The summed E-state index contributed by atoms with van der Waals surface area (Å²) in [6.07, 6.45) is 0.